The van der Waals surface area contributed by atoms with E-state index in [2.05, 4.69) is 10.1 Å². The van der Waals surface area contributed by atoms with Crippen LogP contribution in [0.25, 0.3) is 0 Å². The molecule has 0 radical (unpaired) electrons. The highest BCUT2D eigenvalue weighted by molar-refractivity contribution is 5.37. The van der Waals surface area contributed by atoms with E-state index in [4.69, 9.17) is 0 Å². The lowest BCUT2D eigenvalue weighted by Gasteiger charge is -2.21. The number of benzene rings is 1. The van der Waals surface area contributed by atoms with Crippen LogP contribution in [-0.4, -0.2) is 36.5 Å². The molecule has 2 unspecified atom stereocenters. The van der Waals surface area contributed by atoms with E-state index in [1.807, 2.05) is 0 Å². The van der Waals surface area contributed by atoms with Crippen molar-refractivity contribution < 1.29 is 28.1 Å². The van der Waals surface area contributed by atoms with Gasteiger partial charge >= 0.3 is 6.61 Å². The van der Waals surface area contributed by atoms with Gasteiger partial charge in [0.25, 0.3) is 0 Å². The monoisotopic (exact) mass is 265 g/mol. The Balaban J connectivity index is 3.04. The van der Waals surface area contributed by atoms with Crippen LogP contribution in [0.5, 0.6) is 5.75 Å². The summed E-state index contributed by atoms with van der Waals surface area (Å²) in [6.45, 7) is -3.16. The minimum atomic E-state index is -3.14. The Labute approximate surface area is 102 Å². The molecule has 0 fully saturated rings. The molecule has 0 aliphatic rings. The van der Waals surface area contributed by atoms with Crippen LogP contribution >= 0.6 is 0 Å². The van der Waals surface area contributed by atoms with Crippen LogP contribution in [0.2, 0.25) is 0 Å². The second-order valence-electron chi connectivity index (χ2n) is 3.60. The Morgan fingerprint density at radius 3 is 2.56 bits per heavy atom. The van der Waals surface area contributed by atoms with Crippen LogP contribution in [0.1, 0.15) is 11.7 Å². The van der Waals surface area contributed by atoms with E-state index in [-0.39, 0.29) is 6.54 Å². The molecule has 3 N–H and O–H groups in total. The Hall–Kier alpha value is -1.31. The molecule has 1 aromatic rings. The van der Waals surface area contributed by atoms with Crippen molar-refractivity contribution >= 4 is 0 Å². The highest BCUT2D eigenvalue weighted by Gasteiger charge is 2.26. The van der Waals surface area contributed by atoms with Crippen molar-refractivity contribution in [3.05, 3.63) is 29.6 Å². The lowest BCUT2D eigenvalue weighted by molar-refractivity contribution is -0.0542. The molecule has 1 aromatic carbocycles. The summed E-state index contributed by atoms with van der Waals surface area (Å²) in [6, 6.07) is 3.26. The quantitative estimate of drug-likeness (QED) is 0.719. The van der Waals surface area contributed by atoms with Crippen molar-refractivity contribution in [2.75, 3.05) is 13.6 Å². The number of aliphatic hydroxyl groups excluding tert-OH is 2. The molecule has 18 heavy (non-hydrogen) atoms. The van der Waals surface area contributed by atoms with Crippen LogP contribution in [0, 0.1) is 5.82 Å². The number of rotatable bonds is 6. The van der Waals surface area contributed by atoms with Gasteiger partial charge in [-0.2, -0.15) is 8.78 Å². The second kappa shape index (κ2) is 6.58. The van der Waals surface area contributed by atoms with Crippen molar-refractivity contribution in [1.82, 2.24) is 5.32 Å². The van der Waals surface area contributed by atoms with Crippen LogP contribution < -0.4 is 10.1 Å². The number of aliphatic hydroxyl groups is 2. The number of ether oxygens (including phenoxy) is 1. The van der Waals surface area contributed by atoms with Crippen molar-refractivity contribution in [2.45, 2.75) is 18.8 Å². The number of nitrogens with one attached hydrogen (secondary N) is 1. The first-order chi connectivity index (χ1) is 8.47. The summed E-state index contributed by atoms with van der Waals surface area (Å²) in [6.07, 6.45) is -3.00. The molecule has 0 bridgehead atoms. The largest absolute Gasteiger partial charge is 0.434 e. The molecular formula is C11H14F3NO3. The summed E-state index contributed by atoms with van der Waals surface area (Å²) < 4.78 is 41.9. The molecule has 0 spiro atoms. The number of halogens is 3. The maximum atomic E-state index is 13.5. The van der Waals surface area contributed by atoms with Crippen molar-refractivity contribution in [3.63, 3.8) is 0 Å². The molecule has 0 aliphatic carbocycles. The fourth-order valence-corrected chi connectivity index (χ4v) is 1.52. The van der Waals surface area contributed by atoms with Crippen molar-refractivity contribution in [1.29, 1.82) is 0 Å². The van der Waals surface area contributed by atoms with Crippen LogP contribution in [-0.2, 0) is 0 Å². The van der Waals surface area contributed by atoms with Gasteiger partial charge < -0.3 is 20.3 Å². The lowest BCUT2D eigenvalue weighted by Crippen LogP contribution is -2.30. The molecule has 102 valence electrons. The van der Waals surface area contributed by atoms with Gasteiger partial charge in [0.15, 0.2) is 0 Å². The molecule has 0 saturated carbocycles. The van der Waals surface area contributed by atoms with Gasteiger partial charge in [-0.1, -0.05) is 6.07 Å². The summed E-state index contributed by atoms with van der Waals surface area (Å²) in [5.74, 6) is -1.41. The molecule has 4 nitrogen and oxygen atoms in total. The highest BCUT2D eigenvalue weighted by Crippen LogP contribution is 2.31. The van der Waals surface area contributed by atoms with E-state index in [9.17, 15) is 23.4 Å². The highest BCUT2D eigenvalue weighted by atomic mass is 19.3. The lowest BCUT2D eigenvalue weighted by atomic mass is 10.0. The van der Waals surface area contributed by atoms with E-state index < -0.39 is 35.9 Å². The van der Waals surface area contributed by atoms with E-state index in [1.165, 1.54) is 13.1 Å². The van der Waals surface area contributed by atoms with Gasteiger partial charge in [0.05, 0.1) is 11.7 Å². The van der Waals surface area contributed by atoms with Crippen LogP contribution in [0.15, 0.2) is 18.2 Å². The zero-order valence-corrected chi connectivity index (χ0v) is 9.61. The van der Waals surface area contributed by atoms with Gasteiger partial charge in [-0.25, -0.2) is 4.39 Å². The normalized spacial score (nSPS) is 14.6. The summed E-state index contributed by atoms with van der Waals surface area (Å²) in [5.41, 5.74) is -0.486. The number of alkyl halides is 2. The van der Waals surface area contributed by atoms with Crippen LogP contribution in [0.4, 0.5) is 13.2 Å². The minimum Gasteiger partial charge on any atom is -0.434 e. The Bertz CT molecular complexity index is 390. The SMILES string of the molecule is CNCC(O)C(O)c1c(F)cccc1OC(F)F. The van der Waals surface area contributed by atoms with Crippen molar-refractivity contribution in [2.24, 2.45) is 0 Å². The molecule has 0 saturated heterocycles. The molecule has 7 heteroatoms. The van der Waals surface area contributed by atoms with Gasteiger partial charge in [-0.15, -0.1) is 0 Å². The van der Waals surface area contributed by atoms with Gasteiger partial charge in [0.1, 0.15) is 17.7 Å². The van der Waals surface area contributed by atoms with E-state index in [1.54, 1.807) is 0 Å². The number of hydrogen-bond acceptors (Lipinski definition) is 4. The third kappa shape index (κ3) is 3.59. The fraction of sp³-hybridized carbons (Fsp3) is 0.455. The van der Waals surface area contributed by atoms with Gasteiger partial charge in [-0.3, -0.25) is 0 Å². The average Bonchev–Trinajstić information content (AvgIpc) is 2.28. The first kappa shape index (κ1) is 14.7. The maximum Gasteiger partial charge on any atom is 0.387 e. The van der Waals surface area contributed by atoms with E-state index in [0.29, 0.717) is 0 Å². The first-order valence-corrected chi connectivity index (χ1v) is 5.21. The summed E-state index contributed by atoms with van der Waals surface area (Å²) in [5, 5.41) is 21.8. The minimum absolute atomic E-state index is 0.0242. The van der Waals surface area contributed by atoms with Gasteiger partial charge in [0, 0.05) is 6.54 Å². The molecule has 2 atom stereocenters. The molecule has 0 heterocycles. The standard InChI is InChI=1S/C11H14F3NO3/c1-15-5-7(16)10(17)9-6(12)3-2-4-8(9)18-11(13)14/h2-4,7,10-11,15-17H,5H2,1H3. The smallest absolute Gasteiger partial charge is 0.387 e. The van der Waals surface area contributed by atoms with Gasteiger partial charge in [0.2, 0.25) is 0 Å². The van der Waals surface area contributed by atoms with Gasteiger partial charge in [-0.05, 0) is 19.2 Å². The van der Waals surface area contributed by atoms with Crippen molar-refractivity contribution in [3.8, 4) is 5.75 Å². The zero-order valence-electron chi connectivity index (χ0n) is 9.61. The maximum absolute atomic E-state index is 13.5. The molecule has 0 aromatic heterocycles. The third-order valence-electron chi connectivity index (χ3n) is 2.30. The first-order valence-electron chi connectivity index (χ1n) is 5.21. The zero-order chi connectivity index (χ0) is 13.7. The summed E-state index contributed by atoms with van der Waals surface area (Å²) >= 11 is 0. The average molecular weight is 265 g/mol. The Morgan fingerprint density at radius 1 is 1.33 bits per heavy atom. The Morgan fingerprint density at radius 2 is 2.00 bits per heavy atom. The number of likely N-dealkylation sites (N-methyl/N-ethyl adjacent to an activating group) is 1. The number of hydrogen-bond donors (Lipinski definition) is 3. The Kier molecular flexibility index (Phi) is 5.39. The predicted molar refractivity (Wildman–Crippen MR) is 57.9 cm³/mol. The third-order valence-corrected chi connectivity index (χ3v) is 2.30. The summed E-state index contributed by atoms with van der Waals surface area (Å²) in [4.78, 5) is 0. The fourth-order valence-electron chi connectivity index (χ4n) is 1.52. The molecule has 0 aliphatic heterocycles. The summed E-state index contributed by atoms with van der Waals surface area (Å²) in [7, 11) is 1.52. The molecular weight excluding hydrogens is 251 g/mol. The van der Waals surface area contributed by atoms with E-state index in [0.717, 1.165) is 12.1 Å². The molecule has 0 amide bonds. The topological polar surface area (TPSA) is 61.7 Å². The molecule has 1 rings (SSSR count). The van der Waals surface area contributed by atoms with E-state index >= 15 is 0 Å². The van der Waals surface area contributed by atoms with Crippen LogP contribution in [0.3, 0.4) is 0 Å². The second-order valence-corrected chi connectivity index (χ2v) is 3.60. The predicted octanol–water partition coefficient (Wildman–Crippen LogP) is 1.04.